The number of ether oxygens (including phenoxy) is 3. The predicted molar refractivity (Wildman–Crippen MR) is 129 cm³/mol. The number of anilines is 1. The first-order chi connectivity index (χ1) is 15.5. The third-order valence-corrected chi connectivity index (χ3v) is 6.49. The minimum Gasteiger partial charge on any atom is -0.493 e. The molecule has 2 aromatic carbocycles. The van der Waals surface area contributed by atoms with Gasteiger partial charge in [0.15, 0.2) is 11.5 Å². The van der Waals surface area contributed by atoms with Gasteiger partial charge in [0, 0.05) is 40.9 Å². The summed E-state index contributed by atoms with van der Waals surface area (Å²) in [5, 5.41) is 1.76. The standard InChI is InChI=1S/C25H30ClN3O3/c1-30-23-12-16(13-24(31-2)25(23)32-3)15-29(19-7-5-18(27)6-8-19)22-10-11-28-21-14-17(26)4-9-20(21)22/h4,9-14,18-19H,5-8,15,27H2,1-3H3. The fourth-order valence-corrected chi connectivity index (χ4v) is 4.77. The van der Waals surface area contributed by atoms with Crippen molar-refractivity contribution in [2.24, 2.45) is 5.73 Å². The zero-order valence-electron chi connectivity index (χ0n) is 18.8. The zero-order chi connectivity index (χ0) is 22.7. The summed E-state index contributed by atoms with van der Waals surface area (Å²) >= 11 is 6.23. The molecule has 1 saturated carbocycles. The number of fused-ring (bicyclic) bond motifs is 1. The first-order valence-electron chi connectivity index (χ1n) is 10.9. The van der Waals surface area contributed by atoms with Crippen molar-refractivity contribution in [1.29, 1.82) is 0 Å². The highest BCUT2D eigenvalue weighted by Gasteiger charge is 2.27. The van der Waals surface area contributed by atoms with Crippen molar-refractivity contribution in [2.45, 2.75) is 44.3 Å². The molecule has 1 aliphatic carbocycles. The first kappa shape index (κ1) is 22.5. The van der Waals surface area contributed by atoms with Gasteiger partial charge in [0.25, 0.3) is 0 Å². The van der Waals surface area contributed by atoms with Crippen molar-refractivity contribution in [3.05, 3.63) is 53.2 Å². The number of rotatable bonds is 7. The highest BCUT2D eigenvalue weighted by Crippen LogP contribution is 2.40. The van der Waals surface area contributed by atoms with Gasteiger partial charge in [0.2, 0.25) is 5.75 Å². The third-order valence-electron chi connectivity index (χ3n) is 6.25. The Morgan fingerprint density at radius 3 is 2.28 bits per heavy atom. The highest BCUT2D eigenvalue weighted by molar-refractivity contribution is 6.31. The Morgan fingerprint density at radius 2 is 1.66 bits per heavy atom. The second kappa shape index (κ2) is 9.84. The molecule has 0 unspecified atom stereocenters. The minimum atomic E-state index is 0.280. The van der Waals surface area contributed by atoms with Crippen molar-refractivity contribution in [1.82, 2.24) is 4.98 Å². The predicted octanol–water partition coefficient (Wildman–Crippen LogP) is 5.19. The van der Waals surface area contributed by atoms with Crippen LogP contribution in [-0.2, 0) is 6.54 Å². The molecule has 6 nitrogen and oxygen atoms in total. The quantitative estimate of drug-likeness (QED) is 0.528. The van der Waals surface area contributed by atoms with Crippen LogP contribution in [0.3, 0.4) is 0 Å². The molecule has 4 rings (SSSR count). The van der Waals surface area contributed by atoms with Gasteiger partial charge < -0.3 is 24.8 Å². The molecule has 7 heteroatoms. The molecule has 0 bridgehead atoms. The van der Waals surface area contributed by atoms with Gasteiger partial charge in [-0.15, -0.1) is 0 Å². The maximum absolute atomic E-state index is 6.23. The summed E-state index contributed by atoms with van der Waals surface area (Å²) in [4.78, 5) is 7.00. The van der Waals surface area contributed by atoms with E-state index in [1.165, 1.54) is 0 Å². The monoisotopic (exact) mass is 455 g/mol. The van der Waals surface area contributed by atoms with E-state index >= 15 is 0 Å². The molecule has 0 atom stereocenters. The Balaban J connectivity index is 1.78. The highest BCUT2D eigenvalue weighted by atomic mass is 35.5. The molecular weight excluding hydrogens is 426 g/mol. The zero-order valence-corrected chi connectivity index (χ0v) is 19.6. The molecule has 2 N–H and O–H groups in total. The molecule has 1 fully saturated rings. The van der Waals surface area contributed by atoms with E-state index in [-0.39, 0.29) is 6.04 Å². The van der Waals surface area contributed by atoms with Crippen LogP contribution in [0.5, 0.6) is 17.2 Å². The SMILES string of the molecule is COc1cc(CN(c2ccnc3cc(Cl)ccc23)C2CCC(N)CC2)cc(OC)c1OC. The number of nitrogens with zero attached hydrogens (tertiary/aromatic N) is 2. The van der Waals surface area contributed by atoms with Crippen LogP contribution in [0.2, 0.25) is 5.02 Å². The van der Waals surface area contributed by atoms with E-state index < -0.39 is 0 Å². The van der Waals surface area contributed by atoms with Crippen LogP contribution in [0.25, 0.3) is 10.9 Å². The Bertz CT molecular complexity index is 1060. The van der Waals surface area contributed by atoms with Crippen LogP contribution in [0.15, 0.2) is 42.6 Å². The molecule has 1 heterocycles. The number of benzene rings is 2. The Hall–Kier alpha value is -2.70. The molecule has 1 aromatic heterocycles. The largest absolute Gasteiger partial charge is 0.493 e. The van der Waals surface area contributed by atoms with Crippen LogP contribution in [-0.4, -0.2) is 38.4 Å². The topological polar surface area (TPSA) is 69.8 Å². The average molecular weight is 456 g/mol. The molecule has 0 aliphatic heterocycles. The first-order valence-corrected chi connectivity index (χ1v) is 11.3. The lowest BCUT2D eigenvalue weighted by atomic mass is 9.90. The maximum Gasteiger partial charge on any atom is 0.203 e. The number of hydrogen-bond donors (Lipinski definition) is 1. The summed E-state index contributed by atoms with van der Waals surface area (Å²) in [6.45, 7) is 0.693. The summed E-state index contributed by atoms with van der Waals surface area (Å²) in [5.41, 5.74) is 9.32. The number of methoxy groups -OCH3 is 3. The smallest absolute Gasteiger partial charge is 0.203 e. The lowest BCUT2D eigenvalue weighted by molar-refractivity contribution is 0.323. The van der Waals surface area contributed by atoms with Crippen LogP contribution in [0, 0.1) is 0 Å². The third kappa shape index (κ3) is 4.57. The van der Waals surface area contributed by atoms with E-state index in [1.807, 2.05) is 30.5 Å². The van der Waals surface area contributed by atoms with Crippen LogP contribution in [0.4, 0.5) is 5.69 Å². The van der Waals surface area contributed by atoms with Crippen molar-refractivity contribution < 1.29 is 14.2 Å². The Morgan fingerprint density at radius 1 is 0.969 bits per heavy atom. The van der Waals surface area contributed by atoms with E-state index in [0.717, 1.165) is 47.8 Å². The van der Waals surface area contributed by atoms with Gasteiger partial charge in [-0.25, -0.2) is 0 Å². The molecule has 32 heavy (non-hydrogen) atoms. The van der Waals surface area contributed by atoms with E-state index in [0.29, 0.717) is 34.9 Å². The lowest BCUT2D eigenvalue weighted by Crippen LogP contribution is -2.40. The molecule has 3 aromatic rings. The Kier molecular flexibility index (Phi) is 6.92. The van der Waals surface area contributed by atoms with Crippen molar-refractivity contribution in [2.75, 3.05) is 26.2 Å². The van der Waals surface area contributed by atoms with Gasteiger partial charge in [-0.3, -0.25) is 4.98 Å². The fraction of sp³-hybridized carbons (Fsp3) is 0.400. The molecule has 170 valence electrons. The van der Waals surface area contributed by atoms with Gasteiger partial charge in [-0.05, 0) is 67.6 Å². The van der Waals surface area contributed by atoms with Gasteiger partial charge in [-0.1, -0.05) is 11.6 Å². The van der Waals surface area contributed by atoms with Crippen molar-refractivity contribution >= 4 is 28.2 Å². The summed E-state index contributed by atoms with van der Waals surface area (Å²) in [5.74, 6) is 1.90. The van der Waals surface area contributed by atoms with E-state index in [9.17, 15) is 0 Å². The number of aromatic nitrogens is 1. The van der Waals surface area contributed by atoms with E-state index in [4.69, 9.17) is 31.5 Å². The van der Waals surface area contributed by atoms with Gasteiger partial charge in [0.1, 0.15) is 0 Å². The van der Waals surface area contributed by atoms with Crippen LogP contribution < -0.4 is 24.8 Å². The Labute approximate surface area is 194 Å². The second-order valence-electron chi connectivity index (χ2n) is 8.22. The van der Waals surface area contributed by atoms with E-state index in [1.54, 1.807) is 21.3 Å². The number of pyridine rings is 1. The minimum absolute atomic E-state index is 0.280. The van der Waals surface area contributed by atoms with Gasteiger partial charge >= 0.3 is 0 Å². The summed E-state index contributed by atoms with van der Waals surface area (Å²) < 4.78 is 16.7. The molecule has 0 saturated heterocycles. The molecule has 0 radical (unpaired) electrons. The summed E-state index contributed by atoms with van der Waals surface area (Å²) in [6, 6.07) is 12.7. The number of hydrogen-bond acceptors (Lipinski definition) is 6. The van der Waals surface area contributed by atoms with Crippen LogP contribution in [0.1, 0.15) is 31.2 Å². The second-order valence-corrected chi connectivity index (χ2v) is 8.66. The summed E-state index contributed by atoms with van der Waals surface area (Å²) in [7, 11) is 4.90. The van der Waals surface area contributed by atoms with E-state index in [2.05, 4.69) is 22.0 Å². The normalized spacial score (nSPS) is 18.4. The van der Waals surface area contributed by atoms with Crippen LogP contribution >= 0.6 is 11.6 Å². The fourth-order valence-electron chi connectivity index (χ4n) is 4.60. The van der Waals surface area contributed by atoms with Gasteiger partial charge in [0.05, 0.1) is 26.8 Å². The number of nitrogens with two attached hydrogens (primary N) is 1. The molecular formula is C25H30ClN3O3. The summed E-state index contributed by atoms with van der Waals surface area (Å²) in [6.07, 6.45) is 5.98. The average Bonchev–Trinajstić information content (AvgIpc) is 2.82. The molecule has 1 aliphatic rings. The van der Waals surface area contributed by atoms with Crippen molar-refractivity contribution in [3.8, 4) is 17.2 Å². The molecule has 0 spiro atoms. The van der Waals surface area contributed by atoms with Crippen molar-refractivity contribution in [3.63, 3.8) is 0 Å². The maximum atomic E-state index is 6.23. The number of halogens is 1. The molecule has 0 amide bonds. The lowest BCUT2D eigenvalue weighted by Gasteiger charge is -2.38. The van der Waals surface area contributed by atoms with Gasteiger partial charge in [-0.2, -0.15) is 0 Å².